The molecule has 0 aliphatic carbocycles. The van der Waals surface area contributed by atoms with Gasteiger partial charge in [-0.1, -0.05) is 18.2 Å². The Hall–Kier alpha value is -3.60. The van der Waals surface area contributed by atoms with Crippen LogP contribution in [-0.2, 0) is 10.9 Å². The number of nitrogens with two attached hydrogens (primary N) is 1. The van der Waals surface area contributed by atoms with Gasteiger partial charge in [0.15, 0.2) is 17.3 Å². The Kier molecular flexibility index (Phi) is 4.77. The molecule has 1 aliphatic rings. The van der Waals surface area contributed by atoms with E-state index in [1.165, 1.54) is 16.8 Å². The lowest BCUT2D eigenvalue weighted by Gasteiger charge is -2.34. The van der Waals surface area contributed by atoms with Crippen LogP contribution in [0.3, 0.4) is 0 Å². The topological polar surface area (TPSA) is 97.9 Å². The number of hydrogen-bond donors (Lipinski definition) is 2. The second-order valence-corrected chi connectivity index (χ2v) is 7.63. The standard InChI is InChI=1S/C21H20F3N7O/c1-12-11-32-9-8-30(12)17-10-14(13-4-2-3-5-15(13)21(22,23)24)18-19(25)29-31(20(18)27-17)16-6-7-26-28-16/h2-7,10,12H,8-9,11H2,1H3,(H2,25,29)(H,26,28)/t12-/m1/s1. The number of fused-ring (bicyclic) bond motifs is 1. The fourth-order valence-electron chi connectivity index (χ4n) is 4.06. The maximum atomic E-state index is 13.9. The van der Waals surface area contributed by atoms with Crippen molar-refractivity contribution in [3.8, 4) is 16.9 Å². The Morgan fingerprint density at radius 3 is 2.72 bits per heavy atom. The van der Waals surface area contributed by atoms with Crippen LogP contribution in [-0.4, -0.2) is 50.8 Å². The van der Waals surface area contributed by atoms with Gasteiger partial charge in [0.1, 0.15) is 5.82 Å². The molecule has 0 saturated carbocycles. The average Bonchev–Trinajstić information content (AvgIpc) is 3.41. The number of H-pyrrole nitrogens is 1. The van der Waals surface area contributed by atoms with Crippen LogP contribution in [0.25, 0.3) is 28.0 Å². The molecule has 5 rings (SSSR count). The van der Waals surface area contributed by atoms with Crippen LogP contribution in [0, 0.1) is 0 Å². The summed E-state index contributed by atoms with van der Waals surface area (Å²) < 4.78 is 48.6. The van der Waals surface area contributed by atoms with E-state index in [1.54, 1.807) is 24.4 Å². The molecule has 0 spiro atoms. The van der Waals surface area contributed by atoms with Gasteiger partial charge in [0, 0.05) is 18.2 Å². The number of morpholine rings is 1. The molecule has 3 N–H and O–H groups in total. The van der Waals surface area contributed by atoms with E-state index in [-0.39, 0.29) is 17.4 Å². The molecule has 0 bridgehead atoms. The number of aromatic nitrogens is 5. The Morgan fingerprint density at radius 1 is 1.19 bits per heavy atom. The van der Waals surface area contributed by atoms with E-state index in [0.717, 1.165) is 6.07 Å². The summed E-state index contributed by atoms with van der Waals surface area (Å²) in [5.74, 6) is 1.11. The number of nitrogens with zero attached hydrogens (tertiary/aromatic N) is 5. The number of benzene rings is 1. The molecule has 3 aromatic heterocycles. The normalized spacial score (nSPS) is 17.2. The van der Waals surface area contributed by atoms with Crippen LogP contribution in [0.15, 0.2) is 42.6 Å². The first kappa shape index (κ1) is 20.3. The number of nitrogens with one attached hydrogen (secondary N) is 1. The summed E-state index contributed by atoms with van der Waals surface area (Å²) in [7, 11) is 0. The summed E-state index contributed by atoms with van der Waals surface area (Å²) >= 11 is 0. The molecular weight excluding hydrogens is 423 g/mol. The van der Waals surface area contributed by atoms with Gasteiger partial charge < -0.3 is 15.4 Å². The van der Waals surface area contributed by atoms with Crippen molar-refractivity contribution < 1.29 is 17.9 Å². The minimum atomic E-state index is -4.53. The van der Waals surface area contributed by atoms with E-state index in [0.29, 0.717) is 48.0 Å². The van der Waals surface area contributed by atoms with Gasteiger partial charge in [0.05, 0.1) is 36.4 Å². The van der Waals surface area contributed by atoms with Crippen molar-refractivity contribution in [1.29, 1.82) is 0 Å². The maximum absolute atomic E-state index is 13.9. The van der Waals surface area contributed by atoms with Gasteiger partial charge in [-0.25, -0.2) is 4.98 Å². The number of alkyl halides is 3. The second-order valence-electron chi connectivity index (χ2n) is 7.63. The number of rotatable bonds is 3. The van der Waals surface area contributed by atoms with E-state index in [1.807, 2.05) is 11.8 Å². The fourth-order valence-corrected chi connectivity index (χ4v) is 4.06. The van der Waals surface area contributed by atoms with Gasteiger partial charge in [0.25, 0.3) is 0 Å². The van der Waals surface area contributed by atoms with E-state index in [9.17, 15) is 13.2 Å². The van der Waals surface area contributed by atoms with E-state index >= 15 is 0 Å². The smallest absolute Gasteiger partial charge is 0.382 e. The number of aromatic amines is 1. The SMILES string of the molecule is C[C@@H]1COCCN1c1cc(-c2ccccc2C(F)(F)F)c2c(N)nn(-c3ccn[nH]3)c2n1. The van der Waals surface area contributed by atoms with Gasteiger partial charge in [-0.2, -0.15) is 23.0 Å². The maximum Gasteiger partial charge on any atom is 0.417 e. The van der Waals surface area contributed by atoms with Crippen LogP contribution in [0.5, 0.6) is 0 Å². The van der Waals surface area contributed by atoms with Gasteiger partial charge in [-0.3, -0.25) is 5.10 Å². The predicted octanol–water partition coefficient (Wildman–Crippen LogP) is 3.64. The number of ether oxygens (including phenoxy) is 1. The fraction of sp³-hybridized carbons (Fsp3) is 0.286. The highest BCUT2D eigenvalue weighted by Gasteiger charge is 2.35. The van der Waals surface area contributed by atoms with Crippen molar-refractivity contribution in [2.75, 3.05) is 30.4 Å². The van der Waals surface area contributed by atoms with Crippen molar-refractivity contribution in [2.24, 2.45) is 0 Å². The zero-order valence-corrected chi connectivity index (χ0v) is 17.1. The summed E-state index contributed by atoms with van der Waals surface area (Å²) in [6, 6.07) is 8.78. The first-order chi connectivity index (χ1) is 15.3. The number of halogens is 3. The van der Waals surface area contributed by atoms with E-state index in [2.05, 4.69) is 15.3 Å². The van der Waals surface area contributed by atoms with Crippen molar-refractivity contribution in [3.05, 3.63) is 48.2 Å². The molecule has 11 heteroatoms. The molecular formula is C21H20F3N7O. The summed E-state index contributed by atoms with van der Waals surface area (Å²) in [4.78, 5) is 6.78. The number of hydrogen-bond acceptors (Lipinski definition) is 6. The minimum absolute atomic E-state index is 0.000262. The monoisotopic (exact) mass is 443 g/mol. The lowest BCUT2D eigenvalue weighted by Crippen LogP contribution is -2.44. The molecule has 1 aliphatic heterocycles. The van der Waals surface area contributed by atoms with E-state index in [4.69, 9.17) is 15.5 Å². The van der Waals surface area contributed by atoms with Crippen LogP contribution < -0.4 is 10.6 Å². The highest BCUT2D eigenvalue weighted by Crippen LogP contribution is 2.42. The summed E-state index contributed by atoms with van der Waals surface area (Å²) in [5, 5.41) is 11.4. The first-order valence-corrected chi connectivity index (χ1v) is 10.0. The molecule has 1 atom stereocenters. The van der Waals surface area contributed by atoms with Gasteiger partial charge in [0.2, 0.25) is 0 Å². The Balaban J connectivity index is 1.83. The van der Waals surface area contributed by atoms with Gasteiger partial charge >= 0.3 is 6.18 Å². The van der Waals surface area contributed by atoms with Crippen LogP contribution in [0.2, 0.25) is 0 Å². The molecule has 166 valence electrons. The summed E-state index contributed by atoms with van der Waals surface area (Å²) in [5.41, 5.74) is 6.15. The van der Waals surface area contributed by atoms with E-state index < -0.39 is 11.7 Å². The first-order valence-electron chi connectivity index (χ1n) is 10.0. The zero-order chi connectivity index (χ0) is 22.5. The molecule has 1 aromatic carbocycles. The highest BCUT2D eigenvalue weighted by molar-refractivity contribution is 6.02. The molecule has 0 radical (unpaired) electrons. The van der Waals surface area contributed by atoms with Crippen molar-refractivity contribution in [1.82, 2.24) is 25.0 Å². The van der Waals surface area contributed by atoms with Crippen LogP contribution in [0.4, 0.5) is 24.8 Å². The third kappa shape index (κ3) is 3.34. The number of anilines is 2. The molecule has 4 heterocycles. The highest BCUT2D eigenvalue weighted by atomic mass is 19.4. The molecule has 32 heavy (non-hydrogen) atoms. The van der Waals surface area contributed by atoms with Gasteiger partial charge in [-0.05, 0) is 24.6 Å². The third-order valence-corrected chi connectivity index (χ3v) is 5.55. The molecule has 1 saturated heterocycles. The number of nitrogen functional groups attached to an aromatic ring is 1. The quantitative estimate of drug-likeness (QED) is 0.502. The average molecular weight is 443 g/mol. The summed E-state index contributed by atoms with van der Waals surface area (Å²) in [6.07, 6.45) is -2.99. The van der Waals surface area contributed by atoms with Crippen LogP contribution >= 0.6 is 0 Å². The minimum Gasteiger partial charge on any atom is -0.382 e. The third-order valence-electron chi connectivity index (χ3n) is 5.55. The number of pyridine rings is 1. The largest absolute Gasteiger partial charge is 0.417 e. The van der Waals surface area contributed by atoms with Gasteiger partial charge in [-0.15, -0.1) is 5.10 Å². The Labute approximate surface area is 180 Å². The Bertz CT molecular complexity index is 1270. The van der Waals surface area contributed by atoms with Crippen LogP contribution in [0.1, 0.15) is 12.5 Å². The lowest BCUT2D eigenvalue weighted by atomic mass is 9.97. The molecule has 0 unspecified atom stereocenters. The van der Waals surface area contributed by atoms with Crippen molar-refractivity contribution in [2.45, 2.75) is 19.1 Å². The predicted molar refractivity (Wildman–Crippen MR) is 113 cm³/mol. The molecule has 0 amide bonds. The molecule has 8 nitrogen and oxygen atoms in total. The summed E-state index contributed by atoms with van der Waals surface area (Å²) in [6.45, 7) is 3.54. The molecule has 4 aromatic rings. The Morgan fingerprint density at radius 2 is 2.00 bits per heavy atom. The zero-order valence-electron chi connectivity index (χ0n) is 17.1. The van der Waals surface area contributed by atoms with Crippen molar-refractivity contribution >= 4 is 22.7 Å². The van der Waals surface area contributed by atoms with Crippen molar-refractivity contribution in [3.63, 3.8) is 0 Å². The second kappa shape index (κ2) is 7.52. The molecule has 1 fully saturated rings. The lowest BCUT2D eigenvalue weighted by molar-refractivity contribution is -0.137.